The average molecular weight is 437 g/mol. The number of imide groups is 1. The monoisotopic (exact) mass is 436 g/mol. The first-order chi connectivity index (χ1) is 15.0. The number of carbonyl (C=O) groups is 3. The van der Waals surface area contributed by atoms with E-state index in [9.17, 15) is 19.5 Å². The molecule has 0 aromatic carbocycles. The highest BCUT2D eigenvalue weighted by Gasteiger charge is 2.41. The number of nitrogens with zero attached hydrogens (tertiary/aromatic N) is 1. The molecule has 0 aromatic rings. The Labute approximate surface area is 186 Å². The summed E-state index contributed by atoms with van der Waals surface area (Å²) in [7, 11) is 0. The van der Waals surface area contributed by atoms with Gasteiger partial charge in [0, 0.05) is 12.6 Å². The lowest BCUT2D eigenvalue weighted by atomic mass is 10.0. The number of hydrogen-bond donors (Lipinski definition) is 2. The van der Waals surface area contributed by atoms with E-state index in [1.54, 1.807) is 4.90 Å². The molecular weight excluding hydrogens is 396 g/mol. The topological polar surface area (TPSA) is 95.9 Å². The molecule has 2 N–H and O–H groups in total. The molecule has 2 aliphatic heterocycles. The Morgan fingerprint density at radius 2 is 1.71 bits per heavy atom. The minimum Gasteiger partial charge on any atom is -0.412 e. The van der Waals surface area contributed by atoms with Crippen molar-refractivity contribution in [2.24, 2.45) is 0 Å². The van der Waals surface area contributed by atoms with Gasteiger partial charge in [-0.25, -0.2) is 4.79 Å². The number of carbonyl (C=O) groups excluding carboxylic acids is 3. The van der Waals surface area contributed by atoms with Gasteiger partial charge in [0.1, 0.15) is 5.76 Å². The van der Waals surface area contributed by atoms with Crippen molar-refractivity contribution in [3.63, 3.8) is 0 Å². The predicted octanol–water partition coefficient (Wildman–Crippen LogP) is 4.58. The number of ether oxygens (including phenoxy) is 1. The van der Waals surface area contributed by atoms with Crippen LogP contribution in [0.1, 0.15) is 103 Å². The largest absolute Gasteiger partial charge is 0.415 e. The van der Waals surface area contributed by atoms with E-state index in [0.29, 0.717) is 18.7 Å². The first-order valence-electron chi connectivity index (χ1n) is 12.2. The van der Waals surface area contributed by atoms with E-state index >= 15 is 0 Å². The normalized spacial score (nSPS) is 20.1. The summed E-state index contributed by atoms with van der Waals surface area (Å²) in [6.45, 7) is 2.87. The summed E-state index contributed by atoms with van der Waals surface area (Å²) in [6.07, 6.45) is 15.7. The number of unbranched alkanes of at least 4 members (excludes halogenated alkanes) is 10. The van der Waals surface area contributed by atoms with Gasteiger partial charge in [0.25, 0.3) is 5.91 Å². The van der Waals surface area contributed by atoms with E-state index in [1.165, 1.54) is 57.4 Å². The zero-order valence-corrected chi connectivity index (χ0v) is 19.1. The van der Waals surface area contributed by atoms with Crippen molar-refractivity contribution < 1.29 is 24.2 Å². The van der Waals surface area contributed by atoms with Crippen LogP contribution in [0.4, 0.5) is 4.79 Å². The van der Waals surface area contributed by atoms with Crippen LogP contribution >= 0.6 is 0 Å². The predicted molar refractivity (Wildman–Crippen MR) is 119 cm³/mol. The molecule has 0 radical (unpaired) electrons. The maximum Gasteiger partial charge on any atom is 0.415 e. The fourth-order valence-electron chi connectivity index (χ4n) is 4.35. The third kappa shape index (κ3) is 9.42. The van der Waals surface area contributed by atoms with Crippen LogP contribution in [-0.2, 0) is 14.3 Å². The van der Waals surface area contributed by atoms with Crippen molar-refractivity contribution in [3.05, 3.63) is 11.8 Å². The third-order valence-corrected chi connectivity index (χ3v) is 6.12. The Bertz CT molecular complexity index is 619. The SMILES string of the molecule is CCCCCCCCCCCCC[C@@H](O)CC(=O)NC(=O)C=C1OC(=O)N2CCC[C@H]12. The molecule has 0 aliphatic carbocycles. The highest BCUT2D eigenvalue weighted by atomic mass is 16.6. The number of amides is 3. The highest BCUT2D eigenvalue weighted by Crippen LogP contribution is 2.31. The molecule has 0 saturated carbocycles. The Morgan fingerprint density at radius 1 is 1.10 bits per heavy atom. The number of aliphatic hydroxyl groups excluding tert-OH is 1. The molecule has 176 valence electrons. The lowest BCUT2D eigenvalue weighted by Crippen LogP contribution is -2.32. The zero-order chi connectivity index (χ0) is 22.5. The van der Waals surface area contributed by atoms with E-state index in [1.807, 2.05) is 0 Å². The molecule has 2 rings (SSSR count). The molecule has 7 heteroatoms. The molecule has 2 heterocycles. The fraction of sp³-hybridized carbons (Fsp3) is 0.792. The summed E-state index contributed by atoms with van der Waals surface area (Å²) in [5.41, 5.74) is 0. The number of rotatable bonds is 15. The Kier molecular flexibility index (Phi) is 11.6. The van der Waals surface area contributed by atoms with Crippen molar-refractivity contribution in [3.8, 4) is 0 Å². The molecule has 0 bridgehead atoms. The second kappa shape index (κ2) is 14.2. The van der Waals surface area contributed by atoms with Gasteiger partial charge in [-0.1, -0.05) is 77.6 Å². The maximum atomic E-state index is 12.0. The fourth-order valence-corrected chi connectivity index (χ4v) is 4.35. The summed E-state index contributed by atoms with van der Waals surface area (Å²) in [4.78, 5) is 37.3. The van der Waals surface area contributed by atoms with Gasteiger partial charge in [-0.3, -0.25) is 19.8 Å². The molecule has 2 aliphatic rings. The maximum absolute atomic E-state index is 12.0. The van der Waals surface area contributed by atoms with E-state index in [0.717, 1.165) is 32.1 Å². The highest BCUT2D eigenvalue weighted by molar-refractivity contribution is 6.01. The lowest BCUT2D eigenvalue weighted by Gasteiger charge is -2.10. The van der Waals surface area contributed by atoms with Crippen LogP contribution in [0.15, 0.2) is 11.8 Å². The molecule has 2 saturated heterocycles. The first-order valence-corrected chi connectivity index (χ1v) is 12.2. The molecule has 0 unspecified atom stereocenters. The second-order valence-corrected chi connectivity index (χ2v) is 8.86. The van der Waals surface area contributed by atoms with Crippen LogP contribution in [-0.4, -0.2) is 46.6 Å². The van der Waals surface area contributed by atoms with Gasteiger partial charge < -0.3 is 9.84 Å². The van der Waals surface area contributed by atoms with Crippen LogP contribution in [0, 0.1) is 0 Å². The Morgan fingerprint density at radius 3 is 2.35 bits per heavy atom. The van der Waals surface area contributed by atoms with Crippen LogP contribution in [0.2, 0.25) is 0 Å². The van der Waals surface area contributed by atoms with Crippen molar-refractivity contribution in [2.45, 2.75) is 115 Å². The molecule has 2 fully saturated rings. The number of nitrogens with one attached hydrogen (secondary N) is 1. The van der Waals surface area contributed by atoms with E-state index in [4.69, 9.17) is 4.74 Å². The third-order valence-electron chi connectivity index (χ3n) is 6.12. The number of hydrogen-bond acceptors (Lipinski definition) is 5. The van der Waals surface area contributed by atoms with Crippen molar-refractivity contribution in [1.29, 1.82) is 0 Å². The van der Waals surface area contributed by atoms with Crippen molar-refractivity contribution in [2.75, 3.05) is 6.54 Å². The molecule has 3 amide bonds. The van der Waals surface area contributed by atoms with E-state index < -0.39 is 24.0 Å². The van der Waals surface area contributed by atoms with E-state index in [2.05, 4.69) is 12.2 Å². The summed E-state index contributed by atoms with van der Waals surface area (Å²) in [5.74, 6) is -0.817. The summed E-state index contributed by atoms with van der Waals surface area (Å²) < 4.78 is 5.11. The van der Waals surface area contributed by atoms with Gasteiger partial charge in [-0.2, -0.15) is 0 Å². The molecule has 0 aromatic heterocycles. The molecule has 7 nitrogen and oxygen atoms in total. The zero-order valence-electron chi connectivity index (χ0n) is 19.1. The minimum atomic E-state index is -0.742. The van der Waals surface area contributed by atoms with Crippen molar-refractivity contribution >= 4 is 17.9 Å². The van der Waals surface area contributed by atoms with Crippen LogP contribution in [0.3, 0.4) is 0 Å². The Balaban J connectivity index is 1.50. The quantitative estimate of drug-likeness (QED) is 0.289. The smallest absolute Gasteiger partial charge is 0.412 e. The lowest BCUT2D eigenvalue weighted by molar-refractivity contribution is -0.129. The number of aliphatic hydroxyl groups is 1. The number of fused-ring (bicyclic) bond motifs is 1. The summed E-state index contributed by atoms with van der Waals surface area (Å²) in [6, 6.07) is -0.194. The van der Waals surface area contributed by atoms with Crippen LogP contribution in [0.5, 0.6) is 0 Å². The molecule has 31 heavy (non-hydrogen) atoms. The van der Waals surface area contributed by atoms with Crippen LogP contribution in [0.25, 0.3) is 0 Å². The summed E-state index contributed by atoms with van der Waals surface area (Å²) >= 11 is 0. The van der Waals surface area contributed by atoms with Crippen LogP contribution < -0.4 is 5.32 Å². The Hall–Kier alpha value is -1.89. The molecule has 2 atom stereocenters. The standard InChI is InChI=1S/C24H40N2O5/c1-2-3-4-5-6-7-8-9-10-11-12-14-19(27)17-22(28)25-23(29)18-21-20-15-13-16-26(20)24(30)31-21/h18-20,27H,2-17H2,1H3,(H,25,28,29)/t19-,20-/m1/s1. The van der Waals surface area contributed by atoms with Gasteiger partial charge in [-0.05, 0) is 19.3 Å². The second-order valence-electron chi connectivity index (χ2n) is 8.86. The first kappa shape index (κ1) is 25.4. The van der Waals surface area contributed by atoms with Gasteiger partial charge in [0.05, 0.1) is 18.6 Å². The van der Waals surface area contributed by atoms with Crippen molar-refractivity contribution in [1.82, 2.24) is 10.2 Å². The molecule has 0 spiro atoms. The van der Waals surface area contributed by atoms with Gasteiger partial charge in [0.2, 0.25) is 5.91 Å². The average Bonchev–Trinajstić information content (AvgIpc) is 3.31. The van der Waals surface area contributed by atoms with Gasteiger partial charge in [-0.15, -0.1) is 0 Å². The number of cyclic esters (lactones) is 1. The summed E-state index contributed by atoms with van der Waals surface area (Å²) in [5, 5.41) is 12.3. The van der Waals surface area contributed by atoms with Gasteiger partial charge >= 0.3 is 6.09 Å². The van der Waals surface area contributed by atoms with Gasteiger partial charge in [0.15, 0.2) is 0 Å². The molecular formula is C24H40N2O5. The van der Waals surface area contributed by atoms with E-state index in [-0.39, 0.29) is 12.5 Å². The minimum absolute atomic E-state index is 0.0952.